The monoisotopic (exact) mass is 245 g/mol. The van der Waals surface area contributed by atoms with Crippen molar-refractivity contribution in [2.45, 2.75) is 0 Å². The summed E-state index contributed by atoms with van der Waals surface area (Å²) in [5.74, 6) is 6.77. The summed E-state index contributed by atoms with van der Waals surface area (Å²) < 4.78 is 1.73. The van der Waals surface area contributed by atoms with Gasteiger partial charge in [-0.3, -0.25) is 0 Å². The third kappa shape index (κ3) is 2.53. The van der Waals surface area contributed by atoms with Crippen molar-refractivity contribution < 1.29 is 0 Å². The lowest BCUT2D eigenvalue weighted by Crippen LogP contribution is -1.99. The van der Waals surface area contributed by atoms with E-state index in [1.807, 2.05) is 60.7 Å². The van der Waals surface area contributed by atoms with Crippen LogP contribution in [0.3, 0.4) is 0 Å². The number of benzene rings is 2. The van der Waals surface area contributed by atoms with Gasteiger partial charge in [0.1, 0.15) is 6.33 Å². The first-order valence-electron chi connectivity index (χ1n) is 5.96. The summed E-state index contributed by atoms with van der Waals surface area (Å²) in [5.41, 5.74) is 1.92. The predicted octanol–water partition coefficient (Wildman–Crippen LogP) is 2.67. The lowest BCUT2D eigenvalue weighted by molar-refractivity contribution is 0.866. The predicted molar refractivity (Wildman–Crippen MR) is 73.8 cm³/mol. The zero-order chi connectivity index (χ0) is 12.9. The molecule has 3 heteroatoms. The van der Waals surface area contributed by atoms with E-state index < -0.39 is 0 Å². The summed E-state index contributed by atoms with van der Waals surface area (Å²) in [4.78, 5) is 4.19. The highest BCUT2D eigenvalue weighted by Crippen LogP contribution is 2.07. The van der Waals surface area contributed by atoms with Gasteiger partial charge < -0.3 is 0 Å². The molecule has 0 aliphatic rings. The molecular weight excluding hydrogens is 234 g/mol. The highest BCUT2D eigenvalue weighted by atomic mass is 15.3. The maximum absolute atomic E-state index is 4.20. The fourth-order valence-corrected chi connectivity index (χ4v) is 1.73. The highest BCUT2D eigenvalue weighted by molar-refractivity contribution is 5.40. The molecule has 0 atom stereocenters. The van der Waals surface area contributed by atoms with E-state index in [0.29, 0.717) is 5.82 Å². The number of nitrogens with zero attached hydrogens (tertiary/aromatic N) is 3. The molecule has 0 aliphatic heterocycles. The van der Waals surface area contributed by atoms with Crippen LogP contribution in [-0.4, -0.2) is 14.8 Å². The normalized spacial score (nSPS) is 9.68. The molecular formula is C16H11N3. The maximum Gasteiger partial charge on any atom is 0.208 e. The molecule has 0 amide bonds. The van der Waals surface area contributed by atoms with E-state index in [4.69, 9.17) is 0 Å². The van der Waals surface area contributed by atoms with Crippen LogP contribution in [-0.2, 0) is 0 Å². The van der Waals surface area contributed by atoms with E-state index in [-0.39, 0.29) is 0 Å². The quantitative estimate of drug-likeness (QED) is 0.617. The molecule has 0 N–H and O–H groups in total. The second-order valence-electron chi connectivity index (χ2n) is 3.95. The smallest absolute Gasteiger partial charge is 0.207 e. The summed E-state index contributed by atoms with van der Waals surface area (Å²) in [5, 5.41) is 4.20. The average molecular weight is 245 g/mol. The number of hydrogen-bond acceptors (Lipinski definition) is 2. The van der Waals surface area contributed by atoms with Gasteiger partial charge >= 0.3 is 0 Å². The largest absolute Gasteiger partial charge is 0.208 e. The number of rotatable bonds is 1. The number of hydrogen-bond donors (Lipinski definition) is 0. The zero-order valence-electron chi connectivity index (χ0n) is 10.2. The van der Waals surface area contributed by atoms with Gasteiger partial charge in [0.15, 0.2) is 0 Å². The van der Waals surface area contributed by atoms with E-state index in [9.17, 15) is 0 Å². The molecule has 1 aromatic heterocycles. The Morgan fingerprint density at radius 3 is 2.21 bits per heavy atom. The third-order valence-electron chi connectivity index (χ3n) is 2.64. The fraction of sp³-hybridized carbons (Fsp3) is 0. The van der Waals surface area contributed by atoms with Crippen LogP contribution >= 0.6 is 0 Å². The molecule has 0 saturated heterocycles. The van der Waals surface area contributed by atoms with Gasteiger partial charge in [0, 0.05) is 5.56 Å². The number of para-hydroxylation sites is 1. The van der Waals surface area contributed by atoms with Crippen molar-refractivity contribution >= 4 is 0 Å². The van der Waals surface area contributed by atoms with Gasteiger partial charge in [-0.15, -0.1) is 0 Å². The molecule has 0 radical (unpaired) electrons. The average Bonchev–Trinajstić information content (AvgIpc) is 2.95. The maximum atomic E-state index is 4.20. The summed E-state index contributed by atoms with van der Waals surface area (Å²) in [7, 11) is 0. The molecule has 0 saturated carbocycles. The Labute approximate surface area is 111 Å². The van der Waals surface area contributed by atoms with Gasteiger partial charge in [0.2, 0.25) is 5.82 Å². The van der Waals surface area contributed by atoms with Crippen LogP contribution in [0.2, 0.25) is 0 Å². The summed E-state index contributed by atoms with van der Waals surface area (Å²) in [6, 6.07) is 19.7. The Kier molecular flexibility index (Phi) is 3.07. The van der Waals surface area contributed by atoms with Crippen molar-refractivity contribution in [1.29, 1.82) is 0 Å². The summed E-state index contributed by atoms with van der Waals surface area (Å²) in [6.07, 6.45) is 1.52. The minimum atomic E-state index is 0.634. The molecule has 3 nitrogen and oxygen atoms in total. The summed E-state index contributed by atoms with van der Waals surface area (Å²) >= 11 is 0. The van der Waals surface area contributed by atoms with Crippen molar-refractivity contribution in [3.05, 3.63) is 78.4 Å². The zero-order valence-corrected chi connectivity index (χ0v) is 10.2. The van der Waals surface area contributed by atoms with Crippen molar-refractivity contribution in [3.63, 3.8) is 0 Å². The first kappa shape index (κ1) is 11.2. The van der Waals surface area contributed by atoms with Crippen molar-refractivity contribution in [1.82, 2.24) is 14.8 Å². The number of aromatic nitrogens is 3. The molecule has 1 heterocycles. The van der Waals surface area contributed by atoms with Crippen LogP contribution < -0.4 is 0 Å². The van der Waals surface area contributed by atoms with Gasteiger partial charge in [-0.2, -0.15) is 5.10 Å². The molecule has 3 aromatic rings. The Morgan fingerprint density at radius 1 is 0.789 bits per heavy atom. The van der Waals surface area contributed by atoms with Crippen molar-refractivity contribution in [3.8, 4) is 17.5 Å². The molecule has 0 fully saturated rings. The topological polar surface area (TPSA) is 30.7 Å². The standard InChI is InChI=1S/C16H11N3/c1-3-7-14(8-4-1)11-12-16-17-13-18-19(16)15-9-5-2-6-10-15/h1-10,13H. The molecule has 90 valence electrons. The molecule has 2 aromatic carbocycles. The van der Waals surface area contributed by atoms with E-state index in [1.54, 1.807) is 4.68 Å². The van der Waals surface area contributed by atoms with Crippen LogP contribution in [0.25, 0.3) is 5.69 Å². The molecule has 0 spiro atoms. The van der Waals surface area contributed by atoms with E-state index in [2.05, 4.69) is 21.9 Å². The lowest BCUT2D eigenvalue weighted by atomic mass is 10.2. The molecule has 0 unspecified atom stereocenters. The highest BCUT2D eigenvalue weighted by Gasteiger charge is 2.02. The van der Waals surface area contributed by atoms with Gasteiger partial charge in [-0.25, -0.2) is 9.67 Å². The minimum Gasteiger partial charge on any atom is -0.207 e. The van der Waals surface area contributed by atoms with Crippen LogP contribution in [0.4, 0.5) is 0 Å². The molecule has 3 rings (SSSR count). The molecule has 0 bridgehead atoms. The fourth-order valence-electron chi connectivity index (χ4n) is 1.73. The SMILES string of the molecule is C(#Cc1ncnn1-c1ccccc1)c1ccccc1. The second kappa shape index (κ2) is 5.19. The van der Waals surface area contributed by atoms with E-state index in [1.165, 1.54) is 6.33 Å². The Bertz CT molecular complexity index is 719. The second-order valence-corrected chi connectivity index (χ2v) is 3.95. The van der Waals surface area contributed by atoms with Gasteiger partial charge in [0.05, 0.1) is 5.69 Å². The van der Waals surface area contributed by atoms with Gasteiger partial charge in [0.25, 0.3) is 0 Å². The first-order chi connectivity index (χ1) is 9.43. The third-order valence-corrected chi connectivity index (χ3v) is 2.64. The van der Waals surface area contributed by atoms with Crippen LogP contribution in [0.1, 0.15) is 11.4 Å². The van der Waals surface area contributed by atoms with Gasteiger partial charge in [-0.1, -0.05) is 42.3 Å². The van der Waals surface area contributed by atoms with Crippen LogP contribution in [0.5, 0.6) is 0 Å². The van der Waals surface area contributed by atoms with Gasteiger partial charge in [-0.05, 0) is 30.2 Å². The Hall–Kier alpha value is -2.86. The first-order valence-corrected chi connectivity index (χ1v) is 5.96. The Balaban J connectivity index is 1.96. The van der Waals surface area contributed by atoms with E-state index >= 15 is 0 Å². The van der Waals surface area contributed by atoms with Crippen LogP contribution in [0.15, 0.2) is 67.0 Å². The van der Waals surface area contributed by atoms with Crippen LogP contribution in [0, 0.1) is 11.8 Å². The molecule has 19 heavy (non-hydrogen) atoms. The Morgan fingerprint density at radius 2 is 1.47 bits per heavy atom. The van der Waals surface area contributed by atoms with Crippen molar-refractivity contribution in [2.24, 2.45) is 0 Å². The minimum absolute atomic E-state index is 0.634. The molecule has 0 aliphatic carbocycles. The summed E-state index contributed by atoms with van der Waals surface area (Å²) in [6.45, 7) is 0. The lowest BCUT2D eigenvalue weighted by Gasteiger charge is -2.00. The van der Waals surface area contributed by atoms with Crippen molar-refractivity contribution in [2.75, 3.05) is 0 Å². The van der Waals surface area contributed by atoms with E-state index in [0.717, 1.165) is 11.3 Å².